The van der Waals surface area contributed by atoms with Crippen LogP contribution >= 0.6 is 0 Å². The molecule has 0 aliphatic carbocycles. The topological polar surface area (TPSA) is 48.0 Å². The lowest BCUT2D eigenvalue weighted by molar-refractivity contribution is 1.07. The average molecular weight is 536 g/mol. The Morgan fingerprint density at radius 2 is 1.19 bits per heavy atom. The van der Waals surface area contributed by atoms with Crippen molar-refractivity contribution in [3.05, 3.63) is 128 Å². The summed E-state index contributed by atoms with van der Waals surface area (Å²) in [6.45, 7) is 0. The molecule has 0 bridgehead atoms. The Kier molecular flexibility index (Phi) is 4.12. The first kappa shape index (κ1) is 21.9. The molecule has 0 unspecified atom stereocenters. The van der Waals surface area contributed by atoms with Crippen molar-refractivity contribution in [2.45, 2.75) is 0 Å². The average Bonchev–Trinajstić information content (AvgIpc) is 3.69. The molecule has 5 heteroatoms. The number of hydrogen-bond donors (Lipinski definition) is 0. The second-order valence-corrected chi connectivity index (χ2v) is 10.9. The monoisotopic (exact) mass is 535 g/mol. The van der Waals surface area contributed by atoms with Gasteiger partial charge in [-0.3, -0.25) is 4.57 Å². The van der Waals surface area contributed by atoms with Crippen LogP contribution in [0.15, 0.2) is 128 Å². The van der Waals surface area contributed by atoms with Crippen molar-refractivity contribution in [3.8, 4) is 17.1 Å². The van der Waals surface area contributed by atoms with Gasteiger partial charge in [0.25, 0.3) is 0 Å². The first-order valence-corrected chi connectivity index (χ1v) is 14.1. The van der Waals surface area contributed by atoms with Gasteiger partial charge in [0.2, 0.25) is 0 Å². The van der Waals surface area contributed by atoms with Gasteiger partial charge in [0.05, 0.1) is 27.6 Å². The minimum Gasteiger partial charge on any atom is -0.308 e. The van der Waals surface area contributed by atoms with E-state index < -0.39 is 0 Å². The summed E-state index contributed by atoms with van der Waals surface area (Å²) in [6.07, 6.45) is 1.77. The van der Waals surface area contributed by atoms with Crippen LogP contribution in [0.4, 0.5) is 0 Å². The second kappa shape index (κ2) is 7.89. The molecule has 42 heavy (non-hydrogen) atoms. The lowest BCUT2D eigenvalue weighted by Gasteiger charge is -2.13. The van der Waals surface area contributed by atoms with Crippen molar-refractivity contribution in [2.24, 2.45) is 0 Å². The van der Waals surface area contributed by atoms with Gasteiger partial charge in [-0.1, -0.05) is 84.9 Å². The highest BCUT2D eigenvalue weighted by molar-refractivity contribution is 6.32. The molecule has 0 saturated heterocycles. The predicted octanol–water partition coefficient (Wildman–Crippen LogP) is 8.94. The molecule has 0 aliphatic heterocycles. The Morgan fingerprint density at radius 1 is 0.476 bits per heavy atom. The van der Waals surface area contributed by atoms with E-state index in [4.69, 9.17) is 9.97 Å². The van der Waals surface area contributed by atoms with E-state index in [-0.39, 0.29) is 0 Å². The molecule has 0 fully saturated rings. The molecular formula is C37H21N5. The highest BCUT2D eigenvalue weighted by Crippen LogP contribution is 2.45. The Morgan fingerprint density at radius 3 is 2.10 bits per heavy atom. The molecule has 10 aromatic rings. The minimum atomic E-state index is 0.639. The Labute approximate surface area is 239 Å². The van der Waals surface area contributed by atoms with E-state index >= 15 is 0 Å². The zero-order valence-electron chi connectivity index (χ0n) is 22.4. The fourth-order valence-corrected chi connectivity index (χ4v) is 7.04. The molecule has 10 rings (SSSR count). The highest BCUT2D eigenvalue weighted by Gasteiger charge is 2.24. The van der Waals surface area contributed by atoms with Gasteiger partial charge in [-0.2, -0.15) is 0 Å². The summed E-state index contributed by atoms with van der Waals surface area (Å²) in [5, 5.41) is 7.54. The third kappa shape index (κ3) is 2.70. The third-order valence-corrected chi connectivity index (χ3v) is 8.70. The van der Waals surface area contributed by atoms with Crippen LogP contribution in [0.5, 0.6) is 0 Å². The van der Waals surface area contributed by atoms with Crippen molar-refractivity contribution >= 4 is 71.1 Å². The predicted molar refractivity (Wildman–Crippen MR) is 172 cm³/mol. The van der Waals surface area contributed by atoms with Gasteiger partial charge >= 0.3 is 0 Å². The maximum Gasteiger partial charge on any atom is 0.178 e. The van der Waals surface area contributed by atoms with Gasteiger partial charge in [-0.25, -0.2) is 15.0 Å². The summed E-state index contributed by atoms with van der Waals surface area (Å²) in [5.41, 5.74) is 9.17. The second-order valence-electron chi connectivity index (χ2n) is 10.9. The van der Waals surface area contributed by atoms with Crippen LogP contribution in [-0.2, 0) is 0 Å². The SMILES string of the molecule is c1ccc(-c2nc3ncccc3nc2-n2c3ccccc3c3c4c5cccc6c7ccccc7n(c4ccc32)c65)cc1. The zero-order chi connectivity index (χ0) is 27.4. The van der Waals surface area contributed by atoms with Gasteiger partial charge < -0.3 is 4.40 Å². The van der Waals surface area contributed by atoms with Crippen molar-refractivity contribution in [1.29, 1.82) is 0 Å². The molecule has 194 valence electrons. The van der Waals surface area contributed by atoms with Crippen LogP contribution < -0.4 is 0 Å². The normalized spacial score (nSPS) is 12.3. The molecule has 0 N–H and O–H groups in total. The van der Waals surface area contributed by atoms with E-state index in [0.29, 0.717) is 5.65 Å². The van der Waals surface area contributed by atoms with Crippen LogP contribution in [0.2, 0.25) is 0 Å². The van der Waals surface area contributed by atoms with E-state index in [9.17, 15) is 0 Å². The first-order valence-electron chi connectivity index (χ1n) is 14.1. The van der Waals surface area contributed by atoms with Gasteiger partial charge in [-0.05, 0) is 36.4 Å². The molecule has 5 heterocycles. The largest absolute Gasteiger partial charge is 0.308 e. The summed E-state index contributed by atoms with van der Waals surface area (Å²) >= 11 is 0. The fraction of sp³-hybridized carbons (Fsp3) is 0. The quantitative estimate of drug-likeness (QED) is 0.222. The molecule has 0 saturated carbocycles. The van der Waals surface area contributed by atoms with E-state index in [1.54, 1.807) is 6.20 Å². The summed E-state index contributed by atoms with van der Waals surface area (Å²) < 4.78 is 4.73. The fourth-order valence-electron chi connectivity index (χ4n) is 7.04. The van der Waals surface area contributed by atoms with Gasteiger partial charge in [0.15, 0.2) is 11.5 Å². The Balaban J connectivity index is 1.42. The number of rotatable bonds is 2. The molecule has 0 atom stereocenters. The Bertz CT molecular complexity index is 2680. The van der Waals surface area contributed by atoms with E-state index in [0.717, 1.165) is 33.6 Å². The maximum absolute atomic E-state index is 5.23. The molecule has 0 radical (unpaired) electrons. The number of fused-ring (bicyclic) bond motifs is 11. The lowest BCUT2D eigenvalue weighted by atomic mass is 10.0. The van der Waals surface area contributed by atoms with Crippen molar-refractivity contribution in [1.82, 2.24) is 23.9 Å². The van der Waals surface area contributed by atoms with Crippen LogP contribution in [0, 0.1) is 0 Å². The van der Waals surface area contributed by atoms with E-state index in [1.807, 2.05) is 30.3 Å². The van der Waals surface area contributed by atoms with Crippen LogP contribution in [-0.4, -0.2) is 23.9 Å². The number of para-hydroxylation sites is 3. The summed E-state index contributed by atoms with van der Waals surface area (Å²) in [4.78, 5) is 14.8. The number of pyridine rings is 1. The van der Waals surface area contributed by atoms with Crippen LogP contribution in [0.25, 0.3) is 88.1 Å². The third-order valence-electron chi connectivity index (χ3n) is 8.70. The maximum atomic E-state index is 5.23. The summed E-state index contributed by atoms with van der Waals surface area (Å²) in [7, 11) is 0. The molecule has 0 amide bonds. The number of benzene rings is 5. The molecule has 5 nitrogen and oxygen atoms in total. The molecular weight excluding hydrogens is 514 g/mol. The van der Waals surface area contributed by atoms with Crippen LogP contribution in [0.3, 0.4) is 0 Å². The molecule has 0 spiro atoms. The molecule has 0 aliphatic rings. The number of hydrogen-bond acceptors (Lipinski definition) is 3. The van der Waals surface area contributed by atoms with Gasteiger partial charge in [-0.15, -0.1) is 0 Å². The van der Waals surface area contributed by atoms with Crippen molar-refractivity contribution < 1.29 is 0 Å². The van der Waals surface area contributed by atoms with Crippen molar-refractivity contribution in [2.75, 3.05) is 0 Å². The van der Waals surface area contributed by atoms with E-state index in [2.05, 4.69) is 105 Å². The summed E-state index contributed by atoms with van der Waals surface area (Å²) in [6, 6.07) is 42.8. The number of aromatic nitrogens is 5. The Hall–Kier alpha value is -5.81. The smallest absolute Gasteiger partial charge is 0.178 e. The summed E-state index contributed by atoms with van der Waals surface area (Å²) in [5.74, 6) is 0.800. The zero-order valence-corrected chi connectivity index (χ0v) is 22.4. The van der Waals surface area contributed by atoms with Crippen LogP contribution in [0.1, 0.15) is 0 Å². The standard InChI is InChI=1S/C37H21N5/c1-2-10-22(11-3-1)34-37(39-27-16-9-21-38-36(27)40-34)42-29-18-7-5-13-25(29)32-31(42)20-19-30-33(32)26-15-8-14-24-23-12-4-6-17-28(23)41(30)35(24)26/h1-21H. The highest BCUT2D eigenvalue weighted by atomic mass is 15.1. The molecule has 5 aromatic heterocycles. The first-order chi connectivity index (χ1) is 20.9. The van der Waals surface area contributed by atoms with Gasteiger partial charge in [0.1, 0.15) is 11.2 Å². The lowest BCUT2D eigenvalue weighted by Crippen LogP contribution is -2.04. The van der Waals surface area contributed by atoms with Gasteiger partial charge in [0, 0.05) is 44.1 Å². The van der Waals surface area contributed by atoms with E-state index in [1.165, 1.54) is 48.9 Å². The number of nitrogens with zero attached hydrogens (tertiary/aromatic N) is 5. The van der Waals surface area contributed by atoms with Crippen molar-refractivity contribution in [3.63, 3.8) is 0 Å². The minimum absolute atomic E-state index is 0.639. The molecule has 5 aromatic carbocycles.